The van der Waals surface area contributed by atoms with E-state index in [2.05, 4.69) is 20.6 Å². The highest BCUT2D eigenvalue weighted by atomic mass is 35.5. The highest BCUT2D eigenvalue weighted by molar-refractivity contribution is 6.32. The van der Waals surface area contributed by atoms with Crippen LogP contribution in [0.3, 0.4) is 0 Å². The number of nitrogens with zero attached hydrogens (tertiary/aromatic N) is 1. The lowest BCUT2D eigenvalue weighted by atomic mass is 9.99. The fourth-order valence-electron chi connectivity index (χ4n) is 4.72. The number of carbonyl (C=O) groups excluding carboxylic acids is 1. The van der Waals surface area contributed by atoms with E-state index in [4.69, 9.17) is 25.8 Å². The molecule has 0 spiro atoms. The van der Waals surface area contributed by atoms with E-state index < -0.39 is 0 Å². The molecule has 0 bridgehead atoms. The topological polar surface area (TPSA) is 97.5 Å². The van der Waals surface area contributed by atoms with Crippen LogP contribution in [0.5, 0.6) is 11.5 Å². The van der Waals surface area contributed by atoms with Crippen LogP contribution in [0.15, 0.2) is 36.7 Å². The van der Waals surface area contributed by atoms with Gasteiger partial charge in [-0.2, -0.15) is 0 Å². The number of benzene rings is 1. The van der Waals surface area contributed by atoms with Crippen LogP contribution in [0.1, 0.15) is 41.7 Å². The first-order valence-corrected chi connectivity index (χ1v) is 11.7. The summed E-state index contributed by atoms with van der Waals surface area (Å²) in [7, 11) is 1.57. The van der Waals surface area contributed by atoms with Crippen LogP contribution >= 0.6 is 11.6 Å². The number of fused-ring (bicyclic) bond motifs is 3. The summed E-state index contributed by atoms with van der Waals surface area (Å²) in [5.74, 6) is 1.29. The summed E-state index contributed by atoms with van der Waals surface area (Å²) >= 11 is 6.36. The third-order valence-electron chi connectivity index (χ3n) is 6.83. The molecular formula is C25H25ClN4O4. The lowest BCUT2D eigenvalue weighted by molar-refractivity contribution is -0.152. The van der Waals surface area contributed by atoms with E-state index in [0.29, 0.717) is 40.1 Å². The Morgan fingerprint density at radius 1 is 1.35 bits per heavy atom. The first-order valence-electron chi connectivity index (χ1n) is 11.3. The standard InChI is InChI=1S/C25H25ClN4O4/c1-25(7-9-34-25)12-33-18-11-27-8-6-13(18)21-22(28-16-5-3-4-15(26)23(16)32-2)19-20(30-21)14-10-17(14)29-24(19)31/h3-6,8,11,14,17,28,30H,7,9-10,12H2,1-2H3,(H,29,31)/t14-,17+,25-/m0/s1. The van der Waals surface area contributed by atoms with E-state index >= 15 is 0 Å². The number of hydrogen-bond donors (Lipinski definition) is 3. The van der Waals surface area contributed by atoms with Gasteiger partial charge in [-0.3, -0.25) is 9.78 Å². The van der Waals surface area contributed by atoms with Gasteiger partial charge in [0.15, 0.2) is 5.75 Å². The number of rotatable bonds is 7. The molecule has 0 radical (unpaired) electrons. The monoisotopic (exact) mass is 480 g/mol. The van der Waals surface area contributed by atoms with Gasteiger partial charge in [0.25, 0.3) is 5.91 Å². The number of ether oxygens (including phenoxy) is 3. The predicted octanol–water partition coefficient (Wildman–Crippen LogP) is 4.64. The van der Waals surface area contributed by atoms with Crippen molar-refractivity contribution in [2.45, 2.75) is 37.3 Å². The molecule has 176 valence electrons. The van der Waals surface area contributed by atoms with Crippen LogP contribution in [0.2, 0.25) is 5.02 Å². The number of carbonyl (C=O) groups is 1. The molecule has 1 amide bonds. The van der Waals surface area contributed by atoms with Crippen molar-refractivity contribution < 1.29 is 19.0 Å². The average Bonchev–Trinajstić information content (AvgIpc) is 3.49. The maximum Gasteiger partial charge on any atom is 0.255 e. The molecule has 2 aliphatic heterocycles. The maximum absolute atomic E-state index is 13.1. The molecule has 1 aliphatic carbocycles. The molecule has 3 aliphatic rings. The lowest BCUT2D eigenvalue weighted by Crippen LogP contribution is -2.45. The zero-order valence-electron chi connectivity index (χ0n) is 18.9. The van der Waals surface area contributed by atoms with E-state index in [-0.39, 0.29) is 23.5 Å². The highest BCUT2D eigenvalue weighted by Gasteiger charge is 2.48. The molecule has 1 aromatic carbocycles. The van der Waals surface area contributed by atoms with E-state index in [9.17, 15) is 4.79 Å². The summed E-state index contributed by atoms with van der Waals surface area (Å²) in [6.07, 6.45) is 5.28. The fraction of sp³-hybridized carbons (Fsp3) is 0.360. The van der Waals surface area contributed by atoms with Gasteiger partial charge in [-0.25, -0.2) is 0 Å². The zero-order valence-corrected chi connectivity index (χ0v) is 19.7. The number of methoxy groups -OCH3 is 1. The number of amides is 1. The Kier molecular flexibility index (Phi) is 4.97. The Bertz CT molecular complexity index is 1290. The Morgan fingerprint density at radius 2 is 2.21 bits per heavy atom. The molecule has 3 atom stereocenters. The van der Waals surface area contributed by atoms with Crippen molar-refractivity contribution in [3.05, 3.63) is 52.9 Å². The number of pyridine rings is 1. The van der Waals surface area contributed by atoms with Crippen molar-refractivity contribution in [1.29, 1.82) is 0 Å². The number of aromatic nitrogens is 2. The van der Waals surface area contributed by atoms with Gasteiger partial charge in [-0.15, -0.1) is 0 Å². The summed E-state index contributed by atoms with van der Waals surface area (Å²) in [6.45, 7) is 3.20. The highest BCUT2D eigenvalue weighted by Crippen LogP contribution is 2.51. The van der Waals surface area contributed by atoms with Crippen molar-refractivity contribution in [2.24, 2.45) is 0 Å². The third-order valence-corrected chi connectivity index (χ3v) is 7.13. The van der Waals surface area contributed by atoms with E-state index in [1.165, 1.54) is 0 Å². The molecule has 34 heavy (non-hydrogen) atoms. The molecule has 3 N–H and O–H groups in total. The van der Waals surface area contributed by atoms with Crippen LogP contribution in [-0.2, 0) is 4.74 Å². The molecule has 2 fully saturated rings. The third kappa shape index (κ3) is 3.49. The van der Waals surface area contributed by atoms with Crippen molar-refractivity contribution in [3.63, 3.8) is 0 Å². The van der Waals surface area contributed by atoms with E-state index in [1.54, 1.807) is 25.6 Å². The number of halogens is 1. The lowest BCUT2D eigenvalue weighted by Gasteiger charge is -2.38. The average molecular weight is 481 g/mol. The number of nitrogens with one attached hydrogen (secondary N) is 3. The van der Waals surface area contributed by atoms with Crippen molar-refractivity contribution in [3.8, 4) is 22.8 Å². The van der Waals surface area contributed by atoms with Gasteiger partial charge in [0.1, 0.15) is 18.0 Å². The Labute approximate surface area is 202 Å². The number of hydrogen-bond acceptors (Lipinski definition) is 6. The zero-order chi connectivity index (χ0) is 23.4. The van der Waals surface area contributed by atoms with Crippen LogP contribution in [0, 0.1) is 0 Å². The van der Waals surface area contributed by atoms with Gasteiger partial charge in [0, 0.05) is 35.8 Å². The normalized spacial score (nSPS) is 24.4. The first-order chi connectivity index (χ1) is 16.5. The van der Waals surface area contributed by atoms with Gasteiger partial charge in [-0.1, -0.05) is 17.7 Å². The molecule has 4 heterocycles. The smallest absolute Gasteiger partial charge is 0.255 e. The molecule has 1 saturated heterocycles. The molecule has 9 heteroatoms. The molecule has 0 unspecified atom stereocenters. The van der Waals surface area contributed by atoms with E-state index in [1.807, 2.05) is 25.1 Å². The minimum absolute atomic E-state index is 0.105. The minimum atomic E-state index is -0.293. The van der Waals surface area contributed by atoms with Crippen LogP contribution in [0.4, 0.5) is 11.4 Å². The van der Waals surface area contributed by atoms with Crippen molar-refractivity contribution >= 4 is 28.9 Å². The van der Waals surface area contributed by atoms with Crippen molar-refractivity contribution in [1.82, 2.24) is 15.3 Å². The fourth-order valence-corrected chi connectivity index (χ4v) is 4.97. The molecular weight excluding hydrogens is 456 g/mol. The Morgan fingerprint density at radius 3 is 2.97 bits per heavy atom. The minimum Gasteiger partial charge on any atom is -0.493 e. The largest absolute Gasteiger partial charge is 0.493 e. The quantitative estimate of drug-likeness (QED) is 0.456. The van der Waals surface area contributed by atoms with Crippen LogP contribution in [0.25, 0.3) is 11.3 Å². The second-order valence-corrected chi connectivity index (χ2v) is 9.65. The number of para-hydroxylation sites is 1. The SMILES string of the molecule is COc1c(Cl)cccc1Nc1c(-c2ccncc2OC[C@]2(C)CCO2)[nH]c2c1C(=O)N[C@@H]1C[C@H]21. The number of anilines is 2. The summed E-state index contributed by atoms with van der Waals surface area (Å²) < 4.78 is 17.4. The van der Waals surface area contributed by atoms with Crippen LogP contribution < -0.4 is 20.1 Å². The molecule has 1 saturated carbocycles. The molecule has 2 aromatic heterocycles. The molecule has 8 nitrogen and oxygen atoms in total. The number of aromatic amines is 1. The van der Waals surface area contributed by atoms with Gasteiger partial charge in [0.05, 0.1) is 47.6 Å². The first kappa shape index (κ1) is 21.3. The van der Waals surface area contributed by atoms with E-state index in [0.717, 1.165) is 36.4 Å². The second-order valence-electron chi connectivity index (χ2n) is 9.24. The molecule has 6 rings (SSSR count). The maximum atomic E-state index is 13.1. The molecule has 3 aromatic rings. The van der Waals surface area contributed by atoms with Gasteiger partial charge >= 0.3 is 0 Å². The summed E-state index contributed by atoms with van der Waals surface area (Å²) in [5.41, 5.74) is 4.12. The Balaban J connectivity index is 1.46. The predicted molar refractivity (Wildman–Crippen MR) is 128 cm³/mol. The van der Waals surface area contributed by atoms with Crippen molar-refractivity contribution in [2.75, 3.05) is 25.6 Å². The second kappa shape index (κ2) is 7.92. The van der Waals surface area contributed by atoms with Crippen LogP contribution in [-0.4, -0.2) is 47.8 Å². The van der Waals surface area contributed by atoms with Gasteiger partial charge in [0.2, 0.25) is 0 Å². The number of H-pyrrole nitrogens is 1. The summed E-state index contributed by atoms with van der Waals surface area (Å²) in [4.78, 5) is 20.9. The summed E-state index contributed by atoms with van der Waals surface area (Å²) in [5, 5.41) is 7.01. The van der Waals surface area contributed by atoms with Gasteiger partial charge < -0.3 is 29.8 Å². The van der Waals surface area contributed by atoms with Gasteiger partial charge in [-0.05, 0) is 31.5 Å². The Hall–Kier alpha value is -3.23. The summed E-state index contributed by atoms with van der Waals surface area (Å²) in [6, 6.07) is 7.54.